The Morgan fingerprint density at radius 1 is 1.03 bits per heavy atom. The van der Waals surface area contributed by atoms with Crippen molar-refractivity contribution in [3.8, 4) is 5.88 Å². The van der Waals surface area contributed by atoms with E-state index in [1.807, 2.05) is 6.92 Å². The number of amides is 2. The Morgan fingerprint density at radius 3 is 2.48 bits per heavy atom. The highest BCUT2D eigenvalue weighted by Gasteiger charge is 2.07. The van der Waals surface area contributed by atoms with E-state index in [2.05, 4.69) is 25.9 Å². The first-order valence-electron chi connectivity index (χ1n) is 9.21. The van der Waals surface area contributed by atoms with Crippen LogP contribution in [0, 0.1) is 12.7 Å². The molecular formula is C21H22FN5O2. The van der Waals surface area contributed by atoms with E-state index in [-0.39, 0.29) is 5.69 Å². The molecule has 3 rings (SSSR count). The molecule has 29 heavy (non-hydrogen) atoms. The summed E-state index contributed by atoms with van der Waals surface area (Å²) in [4.78, 5) is 20.6. The largest absolute Gasteiger partial charge is 0.478 e. The van der Waals surface area contributed by atoms with Gasteiger partial charge < -0.3 is 20.7 Å². The highest BCUT2D eigenvalue weighted by molar-refractivity contribution is 5.99. The molecule has 0 saturated carbocycles. The molecule has 150 valence electrons. The summed E-state index contributed by atoms with van der Waals surface area (Å²) in [5.74, 6) is 1.24. The first-order chi connectivity index (χ1) is 14.0. The first kappa shape index (κ1) is 20.1. The minimum absolute atomic E-state index is 0.114. The van der Waals surface area contributed by atoms with Crippen LogP contribution in [0.25, 0.3) is 0 Å². The minimum Gasteiger partial charge on any atom is -0.478 e. The van der Waals surface area contributed by atoms with Crippen molar-refractivity contribution in [1.82, 2.24) is 9.97 Å². The molecule has 8 heteroatoms. The number of anilines is 4. The molecule has 0 fully saturated rings. The monoisotopic (exact) mass is 395 g/mol. The van der Waals surface area contributed by atoms with Crippen molar-refractivity contribution in [3.05, 3.63) is 66.2 Å². The number of halogens is 1. The number of hydrogen-bond acceptors (Lipinski definition) is 5. The fraction of sp³-hybridized carbons (Fsp3) is 0.190. The quantitative estimate of drug-likeness (QED) is 0.518. The predicted molar refractivity (Wildman–Crippen MR) is 111 cm³/mol. The molecule has 3 N–H and O–H groups in total. The van der Waals surface area contributed by atoms with Gasteiger partial charge in [0.15, 0.2) is 0 Å². The highest BCUT2D eigenvalue weighted by Crippen LogP contribution is 2.21. The SMILES string of the molecule is CCCOc1cc(Nc2ccc(NC(=O)Nc3ccccc3F)cc2)nc(C)n1. The number of para-hydroxylation sites is 1. The Morgan fingerprint density at radius 2 is 1.76 bits per heavy atom. The lowest BCUT2D eigenvalue weighted by Crippen LogP contribution is -2.20. The van der Waals surface area contributed by atoms with Crippen LogP contribution in [0.15, 0.2) is 54.6 Å². The summed E-state index contributed by atoms with van der Waals surface area (Å²) in [6, 6.07) is 14.2. The van der Waals surface area contributed by atoms with Crippen molar-refractivity contribution in [2.75, 3.05) is 22.6 Å². The van der Waals surface area contributed by atoms with E-state index in [1.54, 1.807) is 49.4 Å². The Hall–Kier alpha value is -3.68. The topological polar surface area (TPSA) is 88.2 Å². The number of hydrogen-bond donors (Lipinski definition) is 3. The van der Waals surface area contributed by atoms with Crippen LogP contribution >= 0.6 is 0 Å². The first-order valence-corrected chi connectivity index (χ1v) is 9.21. The minimum atomic E-state index is -0.528. The number of aryl methyl sites for hydroxylation is 1. The number of urea groups is 1. The highest BCUT2D eigenvalue weighted by atomic mass is 19.1. The standard InChI is InChI=1S/C21H22FN5O2/c1-3-12-29-20-13-19(23-14(2)24-20)25-15-8-10-16(11-9-15)26-21(28)27-18-7-5-4-6-17(18)22/h4-11,13H,3,12H2,1-2H3,(H,23,24,25)(H2,26,27,28). The molecule has 0 aliphatic carbocycles. The molecule has 0 unspecified atom stereocenters. The normalized spacial score (nSPS) is 10.3. The maximum absolute atomic E-state index is 13.6. The van der Waals surface area contributed by atoms with Crippen LogP contribution in [-0.4, -0.2) is 22.6 Å². The fourth-order valence-corrected chi connectivity index (χ4v) is 2.52. The molecule has 0 saturated heterocycles. The summed E-state index contributed by atoms with van der Waals surface area (Å²) < 4.78 is 19.2. The number of carbonyl (C=O) groups excluding carboxylic acids is 1. The van der Waals surface area contributed by atoms with E-state index in [0.717, 1.165) is 12.1 Å². The number of rotatable bonds is 7. The van der Waals surface area contributed by atoms with E-state index < -0.39 is 11.8 Å². The zero-order valence-corrected chi connectivity index (χ0v) is 16.2. The third-order valence-electron chi connectivity index (χ3n) is 3.81. The Balaban J connectivity index is 1.61. The molecule has 0 spiro atoms. The number of aromatic nitrogens is 2. The van der Waals surface area contributed by atoms with E-state index in [4.69, 9.17) is 4.74 Å². The Labute approximate surface area is 168 Å². The zero-order chi connectivity index (χ0) is 20.6. The van der Waals surface area contributed by atoms with Crippen molar-refractivity contribution in [3.63, 3.8) is 0 Å². The van der Waals surface area contributed by atoms with Crippen LogP contribution in [0.5, 0.6) is 5.88 Å². The van der Waals surface area contributed by atoms with E-state index in [0.29, 0.717) is 29.8 Å². The predicted octanol–water partition coefficient (Wildman–Crippen LogP) is 5.10. The molecule has 0 aliphatic heterocycles. The molecule has 3 aromatic rings. The van der Waals surface area contributed by atoms with E-state index in [1.165, 1.54) is 12.1 Å². The Kier molecular flexibility index (Phi) is 6.57. The van der Waals surface area contributed by atoms with Gasteiger partial charge >= 0.3 is 6.03 Å². The van der Waals surface area contributed by atoms with Crippen molar-refractivity contribution < 1.29 is 13.9 Å². The summed E-state index contributed by atoms with van der Waals surface area (Å²) in [5, 5.41) is 8.31. The molecule has 1 aromatic heterocycles. The van der Waals surface area contributed by atoms with Crippen LogP contribution in [0.3, 0.4) is 0 Å². The summed E-state index contributed by atoms with van der Waals surface area (Å²) in [7, 11) is 0. The molecule has 0 atom stereocenters. The maximum atomic E-state index is 13.6. The van der Waals surface area contributed by atoms with Gasteiger partial charge in [-0.05, 0) is 49.7 Å². The number of carbonyl (C=O) groups is 1. The van der Waals surface area contributed by atoms with Gasteiger partial charge in [0.05, 0.1) is 12.3 Å². The molecule has 0 bridgehead atoms. The second-order valence-electron chi connectivity index (χ2n) is 6.25. The van der Waals surface area contributed by atoms with Gasteiger partial charge in [-0.25, -0.2) is 14.2 Å². The van der Waals surface area contributed by atoms with Gasteiger partial charge in [-0.1, -0.05) is 19.1 Å². The number of benzene rings is 2. The van der Waals surface area contributed by atoms with Crippen LogP contribution in [-0.2, 0) is 0 Å². The van der Waals surface area contributed by atoms with Crippen molar-refractivity contribution in [2.24, 2.45) is 0 Å². The van der Waals surface area contributed by atoms with Crippen molar-refractivity contribution in [2.45, 2.75) is 20.3 Å². The molecular weight excluding hydrogens is 373 g/mol. The maximum Gasteiger partial charge on any atom is 0.323 e. The summed E-state index contributed by atoms with van der Waals surface area (Å²) >= 11 is 0. The summed E-state index contributed by atoms with van der Waals surface area (Å²) in [5.41, 5.74) is 1.46. The zero-order valence-electron chi connectivity index (χ0n) is 16.2. The van der Waals surface area contributed by atoms with E-state index in [9.17, 15) is 9.18 Å². The van der Waals surface area contributed by atoms with Gasteiger partial charge in [0.2, 0.25) is 5.88 Å². The molecule has 2 amide bonds. The molecule has 0 radical (unpaired) electrons. The smallest absolute Gasteiger partial charge is 0.323 e. The second kappa shape index (κ2) is 9.50. The van der Waals surface area contributed by atoms with Gasteiger partial charge in [-0.3, -0.25) is 0 Å². The average molecular weight is 395 g/mol. The van der Waals surface area contributed by atoms with Crippen LogP contribution in [0.2, 0.25) is 0 Å². The van der Waals surface area contributed by atoms with Gasteiger partial charge in [0.25, 0.3) is 0 Å². The molecule has 0 aliphatic rings. The van der Waals surface area contributed by atoms with E-state index >= 15 is 0 Å². The lowest BCUT2D eigenvalue weighted by atomic mass is 10.2. The molecule has 1 heterocycles. The van der Waals surface area contributed by atoms with Crippen LogP contribution < -0.4 is 20.7 Å². The van der Waals surface area contributed by atoms with Crippen molar-refractivity contribution in [1.29, 1.82) is 0 Å². The average Bonchev–Trinajstić information content (AvgIpc) is 2.69. The van der Waals surface area contributed by atoms with Gasteiger partial charge in [-0.15, -0.1) is 0 Å². The van der Waals surface area contributed by atoms with Crippen LogP contribution in [0.4, 0.5) is 32.1 Å². The fourth-order valence-electron chi connectivity index (χ4n) is 2.52. The third kappa shape index (κ3) is 5.90. The molecule has 7 nitrogen and oxygen atoms in total. The molecule has 2 aromatic carbocycles. The van der Waals surface area contributed by atoms with Crippen molar-refractivity contribution >= 4 is 28.9 Å². The lowest BCUT2D eigenvalue weighted by molar-refractivity contribution is 0.262. The lowest BCUT2D eigenvalue weighted by Gasteiger charge is -2.11. The number of nitrogens with zero attached hydrogens (tertiary/aromatic N) is 2. The van der Waals surface area contributed by atoms with Crippen LogP contribution in [0.1, 0.15) is 19.2 Å². The van der Waals surface area contributed by atoms with Gasteiger partial charge in [-0.2, -0.15) is 4.98 Å². The third-order valence-corrected chi connectivity index (χ3v) is 3.81. The Bertz CT molecular complexity index is 979. The number of ether oxygens (including phenoxy) is 1. The van der Waals surface area contributed by atoms with Gasteiger partial charge in [0.1, 0.15) is 17.5 Å². The summed E-state index contributed by atoms with van der Waals surface area (Å²) in [6.07, 6.45) is 0.894. The van der Waals surface area contributed by atoms with Gasteiger partial charge in [0, 0.05) is 17.4 Å². The number of nitrogens with one attached hydrogen (secondary N) is 3. The summed E-state index contributed by atoms with van der Waals surface area (Å²) in [6.45, 7) is 4.41. The second-order valence-corrected chi connectivity index (χ2v) is 6.25.